The third-order valence-electron chi connectivity index (χ3n) is 3.72. The molecule has 1 aromatic carbocycles. The molecule has 4 heteroatoms. The number of hydrogen-bond donors (Lipinski definition) is 3. The molecule has 4 N–H and O–H groups in total. The summed E-state index contributed by atoms with van der Waals surface area (Å²) in [5.41, 5.74) is 8.36. The normalized spacial score (nSPS) is 17.3. The summed E-state index contributed by atoms with van der Waals surface area (Å²) in [6, 6.07) is 6.23. The highest BCUT2D eigenvalue weighted by Crippen LogP contribution is 2.21. The lowest BCUT2D eigenvalue weighted by molar-refractivity contribution is 0.219. The van der Waals surface area contributed by atoms with E-state index in [1.54, 1.807) is 0 Å². The maximum atomic E-state index is 7.46. The Kier molecular flexibility index (Phi) is 4.80. The van der Waals surface area contributed by atoms with Gasteiger partial charge in [-0.25, -0.2) is 0 Å². The number of rotatable bonds is 5. The first-order valence-electron chi connectivity index (χ1n) is 7.12. The maximum Gasteiger partial charge on any atom is 0.0432 e. The molecule has 104 valence electrons. The molecule has 4 nitrogen and oxygen atoms in total. The number of hydrogen-bond acceptors (Lipinski definition) is 4. The third-order valence-corrected chi connectivity index (χ3v) is 3.72. The van der Waals surface area contributed by atoms with E-state index in [0.29, 0.717) is 11.7 Å². The first-order chi connectivity index (χ1) is 9.22. The van der Waals surface area contributed by atoms with Gasteiger partial charge in [0.2, 0.25) is 0 Å². The van der Waals surface area contributed by atoms with E-state index in [0.717, 1.165) is 11.3 Å². The summed E-state index contributed by atoms with van der Waals surface area (Å²) in [7, 11) is 0. The van der Waals surface area contributed by atoms with E-state index in [1.807, 2.05) is 18.2 Å². The Hall–Kier alpha value is -1.55. The van der Waals surface area contributed by atoms with Gasteiger partial charge >= 0.3 is 0 Å². The predicted octanol–water partition coefficient (Wildman–Crippen LogP) is 2.55. The molecule has 1 saturated heterocycles. The fraction of sp³-hybridized carbons (Fsp3) is 0.533. The predicted molar refractivity (Wildman–Crippen MR) is 82.1 cm³/mol. The topological polar surface area (TPSA) is 65.1 Å². The Morgan fingerprint density at radius 1 is 1.42 bits per heavy atom. The van der Waals surface area contributed by atoms with Crippen molar-refractivity contribution in [1.82, 2.24) is 4.90 Å². The van der Waals surface area contributed by atoms with Crippen molar-refractivity contribution < 1.29 is 0 Å². The SMILES string of the molecule is CCCN1CCC(Nc2ccc(N)cc2C=N)CC1. The lowest BCUT2D eigenvalue weighted by atomic mass is 10.0. The average molecular weight is 260 g/mol. The number of benzene rings is 1. The molecule has 0 spiro atoms. The fourth-order valence-corrected chi connectivity index (χ4v) is 2.67. The van der Waals surface area contributed by atoms with Crippen LogP contribution in [0.25, 0.3) is 0 Å². The van der Waals surface area contributed by atoms with Gasteiger partial charge < -0.3 is 21.4 Å². The number of nitrogens with zero attached hydrogens (tertiary/aromatic N) is 1. The molecule has 1 aliphatic rings. The zero-order valence-corrected chi connectivity index (χ0v) is 11.7. The third kappa shape index (κ3) is 3.70. The second-order valence-electron chi connectivity index (χ2n) is 5.25. The molecule has 0 aliphatic carbocycles. The van der Waals surface area contributed by atoms with Crippen molar-refractivity contribution in [3.63, 3.8) is 0 Å². The zero-order valence-electron chi connectivity index (χ0n) is 11.7. The van der Waals surface area contributed by atoms with Gasteiger partial charge in [0.25, 0.3) is 0 Å². The monoisotopic (exact) mass is 260 g/mol. The number of nitrogens with two attached hydrogens (primary N) is 1. The van der Waals surface area contributed by atoms with Crippen LogP contribution in [0.2, 0.25) is 0 Å². The van der Waals surface area contributed by atoms with Gasteiger partial charge in [0.15, 0.2) is 0 Å². The minimum absolute atomic E-state index is 0.510. The molecule has 1 fully saturated rings. The summed E-state index contributed by atoms with van der Waals surface area (Å²) in [5.74, 6) is 0. The van der Waals surface area contributed by atoms with Crippen LogP contribution in [-0.2, 0) is 0 Å². The molecule has 2 rings (SSSR count). The number of anilines is 2. The van der Waals surface area contributed by atoms with Crippen LogP contribution in [0.3, 0.4) is 0 Å². The highest BCUT2D eigenvalue weighted by atomic mass is 15.1. The number of piperidine rings is 1. The number of nitrogens with one attached hydrogen (secondary N) is 2. The van der Waals surface area contributed by atoms with E-state index in [-0.39, 0.29) is 0 Å². The molecule has 1 aliphatic heterocycles. The summed E-state index contributed by atoms with van der Waals surface area (Å²) < 4.78 is 0. The van der Waals surface area contributed by atoms with E-state index >= 15 is 0 Å². The van der Waals surface area contributed by atoms with Crippen LogP contribution in [0.4, 0.5) is 11.4 Å². The Labute approximate surface area is 115 Å². The van der Waals surface area contributed by atoms with Gasteiger partial charge in [-0.3, -0.25) is 0 Å². The Morgan fingerprint density at radius 2 is 2.16 bits per heavy atom. The molecule has 0 saturated carbocycles. The molecule has 0 unspecified atom stereocenters. The molecular formula is C15H24N4. The maximum absolute atomic E-state index is 7.46. The summed E-state index contributed by atoms with van der Waals surface area (Å²) in [5, 5.41) is 11.0. The molecular weight excluding hydrogens is 236 g/mol. The van der Waals surface area contributed by atoms with Crippen LogP contribution < -0.4 is 11.1 Å². The van der Waals surface area contributed by atoms with Crippen LogP contribution >= 0.6 is 0 Å². The van der Waals surface area contributed by atoms with E-state index in [4.69, 9.17) is 11.1 Å². The van der Waals surface area contributed by atoms with Crippen molar-refractivity contribution in [2.45, 2.75) is 32.2 Å². The highest BCUT2D eigenvalue weighted by Gasteiger charge is 2.18. The Bertz CT molecular complexity index is 422. The molecule has 19 heavy (non-hydrogen) atoms. The van der Waals surface area contributed by atoms with Crippen LogP contribution in [0.1, 0.15) is 31.7 Å². The molecule has 0 atom stereocenters. The van der Waals surface area contributed by atoms with Crippen LogP contribution in [0.5, 0.6) is 0 Å². The van der Waals surface area contributed by atoms with Crippen molar-refractivity contribution in [1.29, 1.82) is 5.41 Å². The largest absolute Gasteiger partial charge is 0.399 e. The van der Waals surface area contributed by atoms with E-state index in [9.17, 15) is 0 Å². The Balaban J connectivity index is 1.94. The minimum atomic E-state index is 0.510. The Morgan fingerprint density at radius 3 is 2.79 bits per heavy atom. The minimum Gasteiger partial charge on any atom is -0.399 e. The summed E-state index contributed by atoms with van der Waals surface area (Å²) >= 11 is 0. The molecule has 0 bridgehead atoms. The lowest BCUT2D eigenvalue weighted by Crippen LogP contribution is -2.39. The van der Waals surface area contributed by atoms with Gasteiger partial charge in [0, 0.05) is 42.3 Å². The summed E-state index contributed by atoms with van der Waals surface area (Å²) in [4.78, 5) is 2.53. The summed E-state index contributed by atoms with van der Waals surface area (Å²) in [6.07, 6.45) is 4.93. The van der Waals surface area contributed by atoms with Crippen molar-refractivity contribution >= 4 is 17.6 Å². The molecule has 0 radical (unpaired) electrons. The molecule has 1 heterocycles. The number of nitrogen functional groups attached to an aromatic ring is 1. The fourth-order valence-electron chi connectivity index (χ4n) is 2.67. The highest BCUT2D eigenvalue weighted by molar-refractivity contribution is 5.87. The van der Waals surface area contributed by atoms with Gasteiger partial charge in [-0.05, 0) is 44.0 Å². The first kappa shape index (κ1) is 13.9. The van der Waals surface area contributed by atoms with E-state index in [1.165, 1.54) is 45.1 Å². The van der Waals surface area contributed by atoms with E-state index < -0.39 is 0 Å². The standard InChI is InChI=1S/C15H24N4/c1-2-7-19-8-5-14(6-9-19)18-15-4-3-13(17)10-12(15)11-16/h3-4,10-11,14,16,18H,2,5-9,17H2,1H3. The van der Waals surface area contributed by atoms with Crippen molar-refractivity contribution in [2.24, 2.45) is 0 Å². The quantitative estimate of drug-likeness (QED) is 0.563. The molecule has 0 aromatic heterocycles. The van der Waals surface area contributed by atoms with Crippen molar-refractivity contribution in [3.8, 4) is 0 Å². The van der Waals surface area contributed by atoms with Gasteiger partial charge in [-0.2, -0.15) is 0 Å². The lowest BCUT2D eigenvalue weighted by Gasteiger charge is -2.32. The second kappa shape index (κ2) is 6.57. The zero-order chi connectivity index (χ0) is 13.7. The second-order valence-corrected chi connectivity index (χ2v) is 5.25. The van der Waals surface area contributed by atoms with E-state index in [2.05, 4.69) is 17.1 Å². The average Bonchev–Trinajstić information content (AvgIpc) is 2.43. The van der Waals surface area contributed by atoms with Crippen LogP contribution in [0, 0.1) is 5.41 Å². The van der Waals surface area contributed by atoms with Gasteiger partial charge in [0.1, 0.15) is 0 Å². The van der Waals surface area contributed by atoms with Gasteiger partial charge in [0.05, 0.1) is 0 Å². The smallest absolute Gasteiger partial charge is 0.0432 e. The summed E-state index contributed by atoms with van der Waals surface area (Å²) in [6.45, 7) is 5.77. The van der Waals surface area contributed by atoms with Crippen LogP contribution in [0.15, 0.2) is 18.2 Å². The van der Waals surface area contributed by atoms with Crippen molar-refractivity contribution in [3.05, 3.63) is 23.8 Å². The molecule has 1 aromatic rings. The van der Waals surface area contributed by atoms with Crippen molar-refractivity contribution in [2.75, 3.05) is 30.7 Å². The van der Waals surface area contributed by atoms with Crippen LogP contribution in [-0.4, -0.2) is 36.8 Å². The molecule has 0 amide bonds. The number of likely N-dealkylation sites (tertiary alicyclic amines) is 1. The van der Waals surface area contributed by atoms with Gasteiger partial charge in [-0.1, -0.05) is 6.92 Å². The first-order valence-corrected chi connectivity index (χ1v) is 7.12. The van der Waals surface area contributed by atoms with Gasteiger partial charge in [-0.15, -0.1) is 0 Å².